The molecule has 2 aromatic carbocycles. The van der Waals surface area contributed by atoms with Gasteiger partial charge in [0.2, 0.25) is 5.91 Å². The fourth-order valence-corrected chi connectivity index (χ4v) is 6.17. The van der Waals surface area contributed by atoms with Crippen molar-refractivity contribution < 1.29 is 23.9 Å². The molecule has 7 heteroatoms. The number of nitrogens with zero attached hydrogens (tertiary/aromatic N) is 1. The van der Waals surface area contributed by atoms with Crippen molar-refractivity contribution in [1.29, 1.82) is 0 Å². The third-order valence-electron chi connectivity index (χ3n) is 8.55. The average Bonchev–Trinajstić information content (AvgIpc) is 3.70. The van der Waals surface area contributed by atoms with Gasteiger partial charge >= 0.3 is 5.97 Å². The largest absolute Gasteiger partial charge is 0.466 e. The molecule has 224 valence electrons. The number of carbonyl (C=O) groups is 3. The number of hydrogen-bond donors (Lipinski definition) is 0. The molecule has 1 heterocycles. The Kier molecular flexibility index (Phi) is 10.7. The zero-order valence-corrected chi connectivity index (χ0v) is 25.5. The Morgan fingerprint density at radius 1 is 1.10 bits per heavy atom. The fourth-order valence-electron chi connectivity index (χ4n) is 5.99. The van der Waals surface area contributed by atoms with Crippen LogP contribution in [0.4, 0.5) is 0 Å². The van der Waals surface area contributed by atoms with E-state index >= 15 is 0 Å². The molecule has 0 N–H and O–H groups in total. The number of unbranched alkanes of at least 4 members (excludes halogenated alkanes) is 3. The van der Waals surface area contributed by atoms with Crippen molar-refractivity contribution >= 4 is 29.3 Å². The molecule has 0 bridgehead atoms. The number of esters is 1. The molecule has 0 radical (unpaired) electrons. The lowest BCUT2D eigenvalue weighted by Gasteiger charge is -2.38. The number of carbonyl (C=O) groups excluding carboxylic acids is 3. The van der Waals surface area contributed by atoms with Gasteiger partial charge in [-0.15, -0.1) is 13.2 Å². The highest BCUT2D eigenvalue weighted by atomic mass is 35.5. The van der Waals surface area contributed by atoms with Crippen molar-refractivity contribution in [2.45, 2.75) is 77.8 Å². The molecule has 4 rings (SSSR count). The predicted octanol–water partition coefficient (Wildman–Crippen LogP) is 7.87. The van der Waals surface area contributed by atoms with Crippen LogP contribution in [-0.4, -0.2) is 35.2 Å². The number of rotatable bonds is 15. The minimum atomic E-state index is -0.891. The van der Waals surface area contributed by atoms with Crippen LogP contribution in [0, 0.1) is 17.3 Å². The fraction of sp³-hybridized carbons (Fsp3) is 0.457. The summed E-state index contributed by atoms with van der Waals surface area (Å²) in [7, 11) is 0. The maximum Gasteiger partial charge on any atom is 0.313 e. The Morgan fingerprint density at radius 2 is 1.88 bits per heavy atom. The van der Waals surface area contributed by atoms with E-state index in [4.69, 9.17) is 21.1 Å². The van der Waals surface area contributed by atoms with Crippen LogP contribution in [0.25, 0.3) is 0 Å². The monoisotopic (exact) mass is 591 g/mol. The van der Waals surface area contributed by atoms with Gasteiger partial charge < -0.3 is 14.4 Å². The molecule has 1 fully saturated rings. The van der Waals surface area contributed by atoms with Crippen LogP contribution in [0.1, 0.15) is 69.9 Å². The van der Waals surface area contributed by atoms with Gasteiger partial charge in [0.15, 0.2) is 5.78 Å². The SMILES string of the molecule is C=CCCCCC[C@H](C)C(=O)N1Cc2ccc(Oc3cccc(Cl)c3)cc2C[C@H]1C(=O)C[C@]1(C(=O)OCC)C[C@H]1C=C. The number of hydrogen-bond acceptors (Lipinski definition) is 5. The minimum Gasteiger partial charge on any atom is -0.466 e. The summed E-state index contributed by atoms with van der Waals surface area (Å²) in [6.45, 7) is 11.9. The highest BCUT2D eigenvalue weighted by Crippen LogP contribution is 2.57. The third-order valence-corrected chi connectivity index (χ3v) is 8.79. The average molecular weight is 592 g/mol. The lowest BCUT2D eigenvalue weighted by atomic mass is 9.85. The Labute approximate surface area is 254 Å². The normalized spacial score (nSPS) is 21.5. The highest BCUT2D eigenvalue weighted by Gasteiger charge is 2.61. The van der Waals surface area contributed by atoms with Crippen LogP contribution in [0.15, 0.2) is 67.8 Å². The summed E-state index contributed by atoms with van der Waals surface area (Å²) in [5.74, 6) is 0.429. The van der Waals surface area contributed by atoms with Gasteiger partial charge in [-0.2, -0.15) is 0 Å². The van der Waals surface area contributed by atoms with Crippen LogP contribution in [0.2, 0.25) is 5.02 Å². The maximum atomic E-state index is 14.0. The lowest BCUT2D eigenvalue weighted by Crippen LogP contribution is -2.51. The summed E-state index contributed by atoms with van der Waals surface area (Å²) in [5, 5.41) is 0.577. The van der Waals surface area contributed by atoms with Crippen molar-refractivity contribution in [2.24, 2.45) is 17.3 Å². The van der Waals surface area contributed by atoms with Crippen molar-refractivity contribution in [3.8, 4) is 11.5 Å². The number of fused-ring (bicyclic) bond motifs is 1. The van der Waals surface area contributed by atoms with E-state index in [0.29, 0.717) is 35.9 Å². The highest BCUT2D eigenvalue weighted by molar-refractivity contribution is 6.30. The molecule has 1 amide bonds. The summed E-state index contributed by atoms with van der Waals surface area (Å²) in [6, 6.07) is 12.3. The van der Waals surface area contributed by atoms with Crippen molar-refractivity contribution in [3.05, 3.63) is 83.9 Å². The first-order chi connectivity index (χ1) is 20.2. The van der Waals surface area contributed by atoms with E-state index < -0.39 is 11.5 Å². The molecule has 1 aliphatic heterocycles. The van der Waals surface area contributed by atoms with Gasteiger partial charge in [0, 0.05) is 30.3 Å². The van der Waals surface area contributed by atoms with E-state index in [0.717, 1.165) is 43.2 Å². The van der Waals surface area contributed by atoms with E-state index in [1.54, 1.807) is 30.0 Å². The third kappa shape index (κ3) is 7.33. The molecular formula is C35H42ClNO5. The van der Waals surface area contributed by atoms with Gasteiger partial charge in [0.25, 0.3) is 0 Å². The number of halogens is 1. The van der Waals surface area contributed by atoms with Crippen molar-refractivity contribution in [2.75, 3.05) is 6.61 Å². The summed E-state index contributed by atoms with van der Waals surface area (Å²) in [5.41, 5.74) is 1.05. The molecule has 2 aliphatic rings. The van der Waals surface area contributed by atoms with E-state index in [9.17, 15) is 14.4 Å². The minimum absolute atomic E-state index is 0.0248. The molecule has 4 atom stereocenters. The molecule has 0 aromatic heterocycles. The molecule has 1 saturated carbocycles. The summed E-state index contributed by atoms with van der Waals surface area (Å²) in [4.78, 5) is 42.5. The maximum absolute atomic E-state index is 14.0. The second-order valence-electron chi connectivity index (χ2n) is 11.6. The molecular weight excluding hydrogens is 550 g/mol. The summed E-state index contributed by atoms with van der Waals surface area (Å²) in [6.07, 6.45) is 9.35. The number of allylic oxidation sites excluding steroid dienone is 2. The van der Waals surface area contributed by atoms with E-state index in [1.807, 2.05) is 43.3 Å². The van der Waals surface area contributed by atoms with E-state index in [1.165, 1.54) is 0 Å². The topological polar surface area (TPSA) is 72.9 Å². The van der Waals surface area contributed by atoms with Gasteiger partial charge in [-0.05, 0) is 80.0 Å². The quantitative estimate of drug-likeness (QED) is 0.120. The molecule has 0 unspecified atom stereocenters. The molecule has 0 saturated heterocycles. The molecule has 1 aliphatic carbocycles. The number of amides is 1. The van der Waals surface area contributed by atoms with E-state index in [2.05, 4.69) is 13.2 Å². The second kappa shape index (κ2) is 14.2. The van der Waals surface area contributed by atoms with Crippen molar-refractivity contribution in [3.63, 3.8) is 0 Å². The number of benzene rings is 2. The van der Waals surface area contributed by atoms with Gasteiger partial charge in [-0.1, -0.05) is 55.7 Å². The standard InChI is InChI=1S/C35H42ClNO5/c1-5-8-9-10-11-13-24(4)33(39)37-23-25-16-17-30(42-29-15-12-14-28(36)20-29)18-26(25)19-31(37)32(38)22-35(21-27(35)6-2)34(40)41-7-3/h5-6,12,14-18,20,24,27,31H,1-2,7-11,13,19,21-23H2,3-4H3/t24-,27+,31-,35+/m0/s1. The van der Waals surface area contributed by atoms with Gasteiger partial charge in [-0.3, -0.25) is 14.4 Å². The summed E-state index contributed by atoms with van der Waals surface area (Å²) >= 11 is 6.13. The number of ketones is 1. The van der Waals surface area contributed by atoms with Crippen LogP contribution in [0.3, 0.4) is 0 Å². The van der Waals surface area contributed by atoms with Crippen LogP contribution in [-0.2, 0) is 32.1 Å². The Morgan fingerprint density at radius 3 is 2.57 bits per heavy atom. The Hall–Kier alpha value is -3.38. The first-order valence-corrected chi connectivity index (χ1v) is 15.4. The number of Topliss-reactive ketones (excluding diaryl/α,β-unsaturated/α-hetero) is 1. The van der Waals surface area contributed by atoms with Crippen molar-refractivity contribution in [1.82, 2.24) is 4.90 Å². The molecule has 42 heavy (non-hydrogen) atoms. The predicted molar refractivity (Wildman–Crippen MR) is 165 cm³/mol. The lowest BCUT2D eigenvalue weighted by molar-refractivity contribution is -0.153. The molecule has 0 spiro atoms. The van der Waals surface area contributed by atoms with Gasteiger partial charge in [-0.25, -0.2) is 0 Å². The van der Waals surface area contributed by atoms with Crippen LogP contribution in [0.5, 0.6) is 11.5 Å². The van der Waals surface area contributed by atoms with Gasteiger partial charge in [0.05, 0.1) is 18.1 Å². The Balaban J connectivity index is 1.57. The first-order valence-electron chi connectivity index (χ1n) is 15.0. The van der Waals surface area contributed by atoms with Gasteiger partial charge in [0.1, 0.15) is 11.5 Å². The zero-order chi connectivity index (χ0) is 30.3. The van der Waals surface area contributed by atoms with Crippen LogP contribution >= 0.6 is 11.6 Å². The smallest absolute Gasteiger partial charge is 0.313 e. The Bertz CT molecular complexity index is 1320. The van der Waals surface area contributed by atoms with Crippen LogP contribution < -0.4 is 4.74 Å². The second-order valence-corrected chi connectivity index (χ2v) is 12.0. The molecule has 6 nitrogen and oxygen atoms in total. The zero-order valence-electron chi connectivity index (χ0n) is 24.8. The molecule has 2 aromatic rings. The first kappa shape index (κ1) is 31.6. The summed E-state index contributed by atoms with van der Waals surface area (Å²) < 4.78 is 11.4. The van der Waals surface area contributed by atoms with E-state index in [-0.39, 0.29) is 42.5 Å². The number of ether oxygens (including phenoxy) is 2.